The number of halogens is 1. The first kappa shape index (κ1) is 15.5. The fourth-order valence-corrected chi connectivity index (χ4v) is 2.24. The molecule has 0 saturated heterocycles. The number of carbonyl (C=O) groups excluding carboxylic acids is 1. The van der Waals surface area contributed by atoms with Crippen LogP contribution in [0.5, 0.6) is 5.75 Å². The van der Waals surface area contributed by atoms with Gasteiger partial charge in [-0.3, -0.25) is 4.79 Å². The molecule has 0 saturated carbocycles. The fourth-order valence-electron chi connectivity index (χ4n) is 1.80. The first-order valence-electron chi connectivity index (χ1n) is 6.76. The Morgan fingerprint density at radius 2 is 2.19 bits per heavy atom. The Morgan fingerprint density at radius 1 is 1.38 bits per heavy atom. The number of rotatable bonds is 5. The number of aromatic nitrogens is 1. The average Bonchev–Trinajstić information content (AvgIpc) is 2.48. The van der Waals surface area contributed by atoms with Crippen LogP contribution in [0, 0.1) is 6.92 Å². The Bertz CT molecular complexity index is 644. The van der Waals surface area contributed by atoms with Crippen LogP contribution in [0.4, 0.5) is 5.82 Å². The molecule has 5 heteroatoms. The number of hydrogen-bond acceptors (Lipinski definition) is 3. The maximum atomic E-state index is 12.3. The van der Waals surface area contributed by atoms with Gasteiger partial charge in [0.15, 0.2) is 0 Å². The third kappa shape index (κ3) is 4.29. The van der Waals surface area contributed by atoms with E-state index in [1.807, 2.05) is 32.0 Å². The van der Waals surface area contributed by atoms with E-state index in [1.54, 1.807) is 18.3 Å². The predicted molar refractivity (Wildman–Crippen MR) is 86.9 cm³/mol. The lowest BCUT2D eigenvalue weighted by Gasteiger charge is -2.09. The van der Waals surface area contributed by atoms with Crippen LogP contribution in [-0.2, 0) is 0 Å². The van der Waals surface area contributed by atoms with Crippen molar-refractivity contribution in [1.82, 2.24) is 4.98 Å². The zero-order valence-corrected chi connectivity index (χ0v) is 13.6. The van der Waals surface area contributed by atoms with Crippen molar-refractivity contribution in [2.75, 3.05) is 11.9 Å². The summed E-state index contributed by atoms with van der Waals surface area (Å²) in [5, 5.41) is 2.81. The molecule has 0 bridgehead atoms. The molecule has 21 heavy (non-hydrogen) atoms. The van der Waals surface area contributed by atoms with Gasteiger partial charge < -0.3 is 10.1 Å². The van der Waals surface area contributed by atoms with Gasteiger partial charge in [-0.15, -0.1) is 0 Å². The van der Waals surface area contributed by atoms with Crippen molar-refractivity contribution in [2.24, 2.45) is 0 Å². The number of amides is 1. The summed E-state index contributed by atoms with van der Waals surface area (Å²) in [5.41, 5.74) is 1.45. The van der Waals surface area contributed by atoms with Gasteiger partial charge in [-0.05, 0) is 59.1 Å². The summed E-state index contributed by atoms with van der Waals surface area (Å²) < 4.78 is 6.42. The lowest BCUT2D eigenvalue weighted by Crippen LogP contribution is -2.14. The van der Waals surface area contributed by atoms with Crippen LogP contribution < -0.4 is 10.1 Å². The molecule has 0 aliphatic carbocycles. The van der Waals surface area contributed by atoms with Crippen LogP contribution >= 0.6 is 15.9 Å². The molecule has 1 amide bonds. The van der Waals surface area contributed by atoms with Gasteiger partial charge in [-0.25, -0.2) is 4.98 Å². The van der Waals surface area contributed by atoms with E-state index < -0.39 is 0 Å². The van der Waals surface area contributed by atoms with Crippen LogP contribution in [0.2, 0.25) is 0 Å². The summed E-state index contributed by atoms with van der Waals surface area (Å²) in [4.78, 5) is 16.5. The number of ether oxygens (including phenoxy) is 1. The Labute approximate surface area is 132 Å². The quantitative estimate of drug-likeness (QED) is 0.880. The molecule has 1 N–H and O–H groups in total. The van der Waals surface area contributed by atoms with Crippen LogP contribution in [0.3, 0.4) is 0 Å². The molecule has 2 aromatic rings. The maximum absolute atomic E-state index is 12.3. The average molecular weight is 349 g/mol. The normalized spacial score (nSPS) is 10.2. The van der Waals surface area contributed by atoms with Crippen LogP contribution in [0.15, 0.2) is 41.0 Å². The Hall–Kier alpha value is -1.88. The van der Waals surface area contributed by atoms with Crippen LogP contribution in [0.25, 0.3) is 0 Å². The highest BCUT2D eigenvalue weighted by atomic mass is 79.9. The van der Waals surface area contributed by atoms with Crippen molar-refractivity contribution in [3.63, 3.8) is 0 Å². The van der Waals surface area contributed by atoms with Gasteiger partial charge in [-0.1, -0.05) is 13.0 Å². The van der Waals surface area contributed by atoms with Gasteiger partial charge in [0.1, 0.15) is 11.6 Å². The molecule has 0 spiro atoms. The lowest BCUT2D eigenvalue weighted by molar-refractivity contribution is 0.102. The number of carbonyl (C=O) groups is 1. The molecule has 0 fully saturated rings. The van der Waals surface area contributed by atoms with E-state index in [0.717, 1.165) is 16.5 Å². The highest BCUT2D eigenvalue weighted by molar-refractivity contribution is 9.10. The van der Waals surface area contributed by atoms with E-state index in [1.165, 1.54) is 0 Å². The smallest absolute Gasteiger partial charge is 0.256 e. The molecule has 110 valence electrons. The second-order valence-corrected chi connectivity index (χ2v) is 5.57. The highest BCUT2D eigenvalue weighted by Crippen LogP contribution is 2.19. The van der Waals surface area contributed by atoms with Crippen molar-refractivity contribution in [2.45, 2.75) is 20.3 Å². The number of pyridine rings is 1. The summed E-state index contributed by atoms with van der Waals surface area (Å²) in [6.45, 7) is 4.57. The van der Waals surface area contributed by atoms with E-state index in [2.05, 4.69) is 26.2 Å². The zero-order valence-electron chi connectivity index (χ0n) is 12.0. The van der Waals surface area contributed by atoms with Gasteiger partial charge in [0.2, 0.25) is 0 Å². The lowest BCUT2D eigenvalue weighted by atomic mass is 10.2. The Kier molecular flexibility index (Phi) is 5.33. The van der Waals surface area contributed by atoms with E-state index in [0.29, 0.717) is 23.7 Å². The predicted octanol–water partition coefficient (Wildman–Crippen LogP) is 4.19. The molecule has 0 aliphatic rings. The number of benzene rings is 1. The summed E-state index contributed by atoms with van der Waals surface area (Å²) in [6.07, 6.45) is 2.59. The van der Waals surface area contributed by atoms with Gasteiger partial charge in [-0.2, -0.15) is 0 Å². The minimum absolute atomic E-state index is 0.199. The molecule has 1 aromatic heterocycles. The Morgan fingerprint density at radius 3 is 2.90 bits per heavy atom. The van der Waals surface area contributed by atoms with E-state index >= 15 is 0 Å². The largest absolute Gasteiger partial charge is 0.494 e. The molecule has 0 radical (unpaired) electrons. The van der Waals surface area contributed by atoms with E-state index in [9.17, 15) is 4.79 Å². The monoisotopic (exact) mass is 348 g/mol. The summed E-state index contributed by atoms with van der Waals surface area (Å²) >= 11 is 3.35. The zero-order chi connectivity index (χ0) is 15.2. The fraction of sp³-hybridized carbons (Fsp3) is 0.250. The third-order valence-corrected chi connectivity index (χ3v) is 3.28. The standard InChI is InChI=1S/C16H17BrN2O2/c1-3-7-21-14-6-4-5-12(9-14)16(20)19-15-11(2)8-13(17)10-18-15/h4-6,8-10H,3,7H2,1-2H3,(H,18,19,20). The van der Waals surface area contributed by atoms with E-state index in [-0.39, 0.29) is 5.91 Å². The molecule has 0 atom stereocenters. The van der Waals surface area contributed by atoms with Gasteiger partial charge in [0.05, 0.1) is 6.61 Å². The van der Waals surface area contributed by atoms with Gasteiger partial charge >= 0.3 is 0 Å². The number of aryl methyl sites for hydroxylation is 1. The SMILES string of the molecule is CCCOc1cccc(C(=O)Nc2ncc(Br)cc2C)c1. The first-order valence-corrected chi connectivity index (χ1v) is 7.56. The summed E-state index contributed by atoms with van der Waals surface area (Å²) in [7, 11) is 0. The highest BCUT2D eigenvalue weighted by Gasteiger charge is 2.10. The maximum Gasteiger partial charge on any atom is 0.256 e. The minimum Gasteiger partial charge on any atom is -0.494 e. The van der Waals surface area contributed by atoms with Crippen molar-refractivity contribution in [3.05, 3.63) is 52.1 Å². The molecule has 2 rings (SSSR count). The third-order valence-electron chi connectivity index (χ3n) is 2.85. The van der Waals surface area contributed by atoms with Crippen molar-refractivity contribution >= 4 is 27.7 Å². The molecular weight excluding hydrogens is 332 g/mol. The van der Waals surface area contributed by atoms with Crippen molar-refractivity contribution in [3.8, 4) is 5.75 Å². The molecule has 1 heterocycles. The van der Waals surface area contributed by atoms with Crippen molar-refractivity contribution < 1.29 is 9.53 Å². The molecule has 4 nitrogen and oxygen atoms in total. The van der Waals surface area contributed by atoms with Crippen molar-refractivity contribution in [1.29, 1.82) is 0 Å². The molecule has 0 aliphatic heterocycles. The van der Waals surface area contributed by atoms with Gasteiger partial charge in [0.25, 0.3) is 5.91 Å². The molecule has 0 unspecified atom stereocenters. The molecule has 1 aromatic carbocycles. The number of nitrogens with one attached hydrogen (secondary N) is 1. The first-order chi connectivity index (χ1) is 10.1. The number of hydrogen-bond donors (Lipinski definition) is 1. The van der Waals surface area contributed by atoms with Crippen LogP contribution in [0.1, 0.15) is 29.3 Å². The minimum atomic E-state index is -0.199. The second kappa shape index (κ2) is 7.22. The number of anilines is 1. The second-order valence-electron chi connectivity index (χ2n) is 4.65. The van der Waals surface area contributed by atoms with Gasteiger partial charge in [0, 0.05) is 16.2 Å². The van der Waals surface area contributed by atoms with Crippen LogP contribution in [-0.4, -0.2) is 17.5 Å². The number of nitrogens with zero attached hydrogens (tertiary/aromatic N) is 1. The molecular formula is C16H17BrN2O2. The topological polar surface area (TPSA) is 51.2 Å². The summed E-state index contributed by atoms with van der Waals surface area (Å²) in [5.74, 6) is 1.06. The Balaban J connectivity index is 2.12. The van der Waals surface area contributed by atoms with E-state index in [4.69, 9.17) is 4.74 Å². The summed E-state index contributed by atoms with van der Waals surface area (Å²) in [6, 6.07) is 9.04.